The summed E-state index contributed by atoms with van der Waals surface area (Å²) < 4.78 is 32.4. The van der Waals surface area contributed by atoms with Gasteiger partial charge in [0.2, 0.25) is 0 Å². The van der Waals surface area contributed by atoms with E-state index in [1.165, 1.54) is 6.07 Å². The van der Waals surface area contributed by atoms with Crippen LogP contribution in [0.25, 0.3) is 0 Å². The van der Waals surface area contributed by atoms with Crippen molar-refractivity contribution < 1.29 is 17.9 Å². The summed E-state index contributed by atoms with van der Waals surface area (Å²) in [7, 11) is -4.71. The van der Waals surface area contributed by atoms with Crippen molar-refractivity contribution in [1.82, 2.24) is 0 Å². The molecule has 0 saturated carbocycles. The van der Waals surface area contributed by atoms with Crippen molar-refractivity contribution in [2.24, 2.45) is 5.73 Å². The summed E-state index contributed by atoms with van der Waals surface area (Å²) in [5.41, 5.74) is 5.24. The lowest BCUT2D eigenvalue weighted by molar-refractivity contribution is -0.384. The topological polar surface area (TPSA) is 138 Å². The minimum atomic E-state index is -4.71. The predicted octanol–water partition coefficient (Wildman–Crippen LogP) is 0.648. The highest BCUT2D eigenvalue weighted by molar-refractivity contribution is 7.85. The molecule has 0 radical (unpaired) electrons. The van der Waals surface area contributed by atoms with E-state index in [1.54, 1.807) is 6.92 Å². The van der Waals surface area contributed by atoms with E-state index in [1.807, 2.05) is 0 Å². The minimum absolute atomic E-state index is 0.0622. The zero-order chi connectivity index (χ0) is 14.6. The molecule has 106 valence electrons. The number of benzene rings is 1. The van der Waals surface area contributed by atoms with Gasteiger partial charge >= 0.3 is 0 Å². The molecule has 0 bridgehead atoms. The van der Waals surface area contributed by atoms with Crippen molar-refractivity contribution >= 4 is 21.5 Å². The normalized spacial score (nSPS) is 13.0. The van der Waals surface area contributed by atoms with Gasteiger partial charge < -0.3 is 15.6 Å². The first-order valence-corrected chi connectivity index (χ1v) is 6.86. The highest BCUT2D eigenvalue weighted by Gasteiger charge is 2.16. The van der Waals surface area contributed by atoms with Crippen LogP contribution < -0.4 is 11.1 Å². The fraction of sp³-hybridized carbons (Fsp3) is 0.400. The molecule has 0 aliphatic rings. The van der Waals surface area contributed by atoms with Crippen LogP contribution in [0, 0.1) is 10.1 Å². The number of rotatable bonds is 6. The lowest BCUT2D eigenvalue weighted by atomic mass is 10.2. The van der Waals surface area contributed by atoms with E-state index in [0.29, 0.717) is 13.0 Å². The van der Waals surface area contributed by atoms with Crippen LogP contribution in [0.2, 0.25) is 0 Å². The Morgan fingerprint density at radius 2 is 2.11 bits per heavy atom. The Morgan fingerprint density at radius 1 is 1.47 bits per heavy atom. The Labute approximate surface area is 110 Å². The van der Waals surface area contributed by atoms with Crippen LogP contribution in [0.4, 0.5) is 11.4 Å². The van der Waals surface area contributed by atoms with E-state index in [2.05, 4.69) is 5.32 Å². The van der Waals surface area contributed by atoms with Crippen LogP contribution in [-0.2, 0) is 10.1 Å². The largest absolute Gasteiger partial charge is 0.744 e. The number of nitrogens with one attached hydrogen (secondary N) is 1. The van der Waals surface area contributed by atoms with Crippen LogP contribution in [0.3, 0.4) is 0 Å². The molecule has 8 nitrogen and oxygen atoms in total. The first-order chi connectivity index (χ1) is 8.71. The van der Waals surface area contributed by atoms with Gasteiger partial charge in [-0.15, -0.1) is 0 Å². The van der Waals surface area contributed by atoms with Crippen molar-refractivity contribution in [1.29, 1.82) is 0 Å². The van der Waals surface area contributed by atoms with Gasteiger partial charge in [-0.3, -0.25) is 10.1 Å². The molecule has 0 saturated heterocycles. The third-order valence-corrected chi connectivity index (χ3v) is 3.20. The first-order valence-electron chi connectivity index (χ1n) is 5.45. The molecule has 1 unspecified atom stereocenters. The summed E-state index contributed by atoms with van der Waals surface area (Å²) in [4.78, 5) is 9.47. The molecular formula is C10H14N3O5S-. The molecule has 0 amide bonds. The van der Waals surface area contributed by atoms with Gasteiger partial charge in [-0.25, -0.2) is 8.42 Å². The third-order valence-electron chi connectivity index (χ3n) is 2.37. The van der Waals surface area contributed by atoms with Gasteiger partial charge in [0.05, 0.1) is 9.82 Å². The highest BCUT2D eigenvalue weighted by Crippen LogP contribution is 2.27. The molecule has 1 atom stereocenters. The SMILES string of the molecule is CC(N)CCNc1ccc(S(=O)(=O)[O-])cc1[N+](=O)[O-]. The molecule has 19 heavy (non-hydrogen) atoms. The molecule has 3 N–H and O–H groups in total. The summed E-state index contributed by atoms with van der Waals surface area (Å²) in [6.45, 7) is 2.20. The summed E-state index contributed by atoms with van der Waals surface area (Å²) in [5.74, 6) is 0. The van der Waals surface area contributed by atoms with E-state index in [4.69, 9.17) is 5.73 Å². The Morgan fingerprint density at radius 3 is 2.58 bits per heavy atom. The van der Waals surface area contributed by atoms with Crippen molar-refractivity contribution in [3.05, 3.63) is 28.3 Å². The quantitative estimate of drug-likeness (QED) is 0.445. The van der Waals surface area contributed by atoms with Gasteiger partial charge in [0.1, 0.15) is 15.8 Å². The van der Waals surface area contributed by atoms with Gasteiger partial charge in [0.15, 0.2) is 0 Å². The monoisotopic (exact) mass is 288 g/mol. The molecule has 9 heteroatoms. The van der Waals surface area contributed by atoms with E-state index in [-0.39, 0.29) is 11.7 Å². The summed E-state index contributed by atoms with van der Waals surface area (Å²) in [5, 5.41) is 13.6. The molecule has 1 aromatic rings. The fourth-order valence-electron chi connectivity index (χ4n) is 1.40. The van der Waals surface area contributed by atoms with Crippen molar-refractivity contribution in [2.75, 3.05) is 11.9 Å². The lowest BCUT2D eigenvalue weighted by Gasteiger charge is -2.11. The first kappa shape index (κ1) is 15.3. The molecular weight excluding hydrogens is 274 g/mol. The average Bonchev–Trinajstić information content (AvgIpc) is 2.27. The average molecular weight is 288 g/mol. The molecule has 0 aliphatic heterocycles. The smallest absolute Gasteiger partial charge is 0.293 e. The Bertz CT molecular complexity index is 571. The molecule has 0 fully saturated rings. The second-order valence-electron chi connectivity index (χ2n) is 4.08. The van der Waals surface area contributed by atoms with E-state index < -0.39 is 25.6 Å². The predicted molar refractivity (Wildman–Crippen MR) is 67.8 cm³/mol. The van der Waals surface area contributed by atoms with Crippen molar-refractivity contribution in [3.63, 3.8) is 0 Å². The van der Waals surface area contributed by atoms with Gasteiger partial charge in [0, 0.05) is 18.7 Å². The number of hydrogen-bond donors (Lipinski definition) is 2. The number of nitrogens with two attached hydrogens (primary N) is 1. The molecule has 0 spiro atoms. The van der Waals surface area contributed by atoms with Crippen LogP contribution in [0.15, 0.2) is 23.1 Å². The number of nitro benzene ring substituents is 1. The number of nitro groups is 1. The maximum atomic E-state index is 10.8. The number of anilines is 1. The minimum Gasteiger partial charge on any atom is -0.744 e. The molecule has 0 heterocycles. The van der Waals surface area contributed by atoms with Crippen LogP contribution in [-0.4, -0.2) is 30.5 Å². The maximum absolute atomic E-state index is 10.8. The zero-order valence-corrected chi connectivity index (χ0v) is 11.0. The maximum Gasteiger partial charge on any atom is 0.293 e. The molecule has 1 aromatic carbocycles. The van der Waals surface area contributed by atoms with Gasteiger partial charge in [-0.2, -0.15) is 0 Å². The van der Waals surface area contributed by atoms with Crippen molar-refractivity contribution in [3.8, 4) is 0 Å². The Kier molecular flexibility index (Phi) is 4.81. The molecule has 1 rings (SSSR count). The van der Waals surface area contributed by atoms with Crippen LogP contribution in [0.5, 0.6) is 0 Å². The van der Waals surface area contributed by atoms with E-state index in [9.17, 15) is 23.1 Å². The van der Waals surface area contributed by atoms with Gasteiger partial charge in [-0.1, -0.05) is 0 Å². The fourth-order valence-corrected chi connectivity index (χ4v) is 1.89. The van der Waals surface area contributed by atoms with Gasteiger partial charge in [-0.05, 0) is 25.5 Å². The standard InChI is InChI=1S/C10H15N3O5S/c1-7(11)4-5-12-9-3-2-8(19(16,17)18)6-10(9)13(14)15/h2-3,6-7,12H,4-5,11H2,1H3,(H,16,17,18)/p-1. The lowest BCUT2D eigenvalue weighted by Crippen LogP contribution is -2.19. The number of nitrogens with zero attached hydrogens (tertiary/aromatic N) is 1. The van der Waals surface area contributed by atoms with Crippen LogP contribution in [0.1, 0.15) is 13.3 Å². The second-order valence-corrected chi connectivity index (χ2v) is 5.46. The third kappa shape index (κ3) is 4.47. The van der Waals surface area contributed by atoms with Gasteiger partial charge in [0.25, 0.3) is 5.69 Å². The van der Waals surface area contributed by atoms with Crippen molar-refractivity contribution in [2.45, 2.75) is 24.3 Å². The second kappa shape index (κ2) is 5.95. The Balaban J connectivity index is 3.02. The number of hydrogen-bond acceptors (Lipinski definition) is 7. The summed E-state index contributed by atoms with van der Waals surface area (Å²) in [6.07, 6.45) is 0.596. The highest BCUT2D eigenvalue weighted by atomic mass is 32.2. The Hall–Kier alpha value is -1.71. The van der Waals surface area contributed by atoms with E-state index in [0.717, 1.165) is 12.1 Å². The zero-order valence-electron chi connectivity index (χ0n) is 10.2. The molecule has 0 aromatic heterocycles. The van der Waals surface area contributed by atoms with Crippen LogP contribution >= 0.6 is 0 Å². The van der Waals surface area contributed by atoms with E-state index >= 15 is 0 Å². The molecule has 0 aliphatic carbocycles. The summed E-state index contributed by atoms with van der Waals surface area (Å²) in [6, 6.07) is 2.91. The summed E-state index contributed by atoms with van der Waals surface area (Å²) >= 11 is 0.